The minimum absolute atomic E-state index is 0.0222. The summed E-state index contributed by atoms with van der Waals surface area (Å²) in [7, 11) is 0. The van der Waals surface area contributed by atoms with E-state index in [1.54, 1.807) is 13.8 Å². The van der Waals surface area contributed by atoms with Gasteiger partial charge in [-0.05, 0) is 97.8 Å². The standard InChI is InChI=1S/C47H70O14/c1-26-10-11-32-34(22-37(54-32)47(52)39(49)28(3)14-20-53-47)55-41(51)29(4)31-9-8-15-45(56-31)17-12-33(57-45)40(50)44(7)24-30(48)38(60-44)35-25-43(6)18-19-46(58-35,61-43)36-13-16-42(5,59-36)23-27(2)21-26/h10-11,21,27-29,31-40,49-50,52H,8-9,12-20,22-25H2,1-7H3/b11-10+,26-21+/t27-,28+,29+,31-,32+,33-,34+,35+,36+,37-,38-,39+,40-,42+,43-,44+,45-,46-,47+/m0/s1. The zero-order chi connectivity index (χ0) is 43.3. The zero-order valence-corrected chi connectivity index (χ0v) is 37.2. The molecule has 8 fully saturated rings. The Labute approximate surface area is 360 Å². The maximum atomic E-state index is 14.1. The Morgan fingerprint density at radius 3 is 2.34 bits per heavy atom. The predicted molar refractivity (Wildman–Crippen MR) is 218 cm³/mol. The van der Waals surface area contributed by atoms with Crippen molar-refractivity contribution in [3.8, 4) is 0 Å². The van der Waals surface area contributed by atoms with E-state index < -0.39 is 101 Å². The largest absolute Gasteiger partial charge is 0.459 e. The van der Waals surface area contributed by atoms with Crippen molar-refractivity contribution < 1.29 is 67.5 Å². The highest BCUT2D eigenvalue weighted by atomic mass is 16.8. The van der Waals surface area contributed by atoms with Gasteiger partial charge in [-0.25, -0.2) is 0 Å². The van der Waals surface area contributed by atoms with Gasteiger partial charge in [-0.1, -0.05) is 37.6 Å². The van der Waals surface area contributed by atoms with E-state index in [0.29, 0.717) is 44.9 Å². The first-order chi connectivity index (χ1) is 28.7. The number of hydrogen-bond donors (Lipinski definition) is 3. The Hall–Kier alpha value is -1.82. The lowest BCUT2D eigenvalue weighted by atomic mass is 9.87. The number of allylic oxidation sites excluding steroid dienone is 3. The van der Waals surface area contributed by atoms with Gasteiger partial charge in [-0.15, -0.1) is 0 Å². The van der Waals surface area contributed by atoms with Crippen LogP contribution in [0.2, 0.25) is 0 Å². The molecule has 9 aliphatic heterocycles. The van der Waals surface area contributed by atoms with Crippen LogP contribution < -0.4 is 0 Å². The van der Waals surface area contributed by atoms with E-state index in [4.69, 9.17) is 42.6 Å². The van der Waals surface area contributed by atoms with Gasteiger partial charge in [-0.2, -0.15) is 0 Å². The normalized spacial score (nSPS) is 55.7. The van der Waals surface area contributed by atoms with Crippen molar-refractivity contribution in [1.82, 2.24) is 0 Å². The lowest BCUT2D eigenvalue weighted by Gasteiger charge is -2.47. The lowest BCUT2D eigenvalue weighted by molar-refractivity contribution is -0.359. The molecule has 61 heavy (non-hydrogen) atoms. The highest BCUT2D eigenvalue weighted by Gasteiger charge is 2.65. The van der Waals surface area contributed by atoms with Gasteiger partial charge in [0, 0.05) is 38.5 Å². The average molecular weight is 859 g/mol. The summed E-state index contributed by atoms with van der Waals surface area (Å²) in [4.78, 5) is 28.0. The van der Waals surface area contributed by atoms with Crippen LogP contribution in [0.4, 0.5) is 0 Å². The van der Waals surface area contributed by atoms with Crippen LogP contribution in [0.1, 0.15) is 138 Å². The number of fused-ring (bicyclic) bond motifs is 10. The number of Topliss-reactive ketones (excluding diaryl/α,β-unsaturated/α-hetero) is 1. The molecule has 2 spiro atoms. The molecule has 19 atom stereocenters. The molecule has 0 saturated carbocycles. The van der Waals surface area contributed by atoms with E-state index in [0.717, 1.165) is 37.7 Å². The highest BCUT2D eigenvalue weighted by molar-refractivity contribution is 5.86. The maximum absolute atomic E-state index is 14.1. The molecule has 0 aromatic carbocycles. The summed E-state index contributed by atoms with van der Waals surface area (Å²) in [5.74, 6) is -5.28. The molecule has 10 bridgehead atoms. The van der Waals surface area contributed by atoms with Crippen LogP contribution in [0.3, 0.4) is 0 Å². The van der Waals surface area contributed by atoms with Crippen LogP contribution >= 0.6 is 0 Å². The summed E-state index contributed by atoms with van der Waals surface area (Å²) < 4.78 is 59.0. The second kappa shape index (κ2) is 16.0. The van der Waals surface area contributed by atoms with Crippen LogP contribution in [0.15, 0.2) is 23.8 Å². The molecule has 14 heteroatoms. The zero-order valence-electron chi connectivity index (χ0n) is 37.2. The molecule has 0 amide bonds. The molecule has 0 aliphatic carbocycles. The van der Waals surface area contributed by atoms with E-state index in [-0.39, 0.29) is 43.2 Å². The number of aliphatic hydroxyl groups is 3. The van der Waals surface area contributed by atoms with E-state index in [2.05, 4.69) is 26.8 Å². The van der Waals surface area contributed by atoms with Gasteiger partial charge in [0.25, 0.3) is 0 Å². The topological polar surface area (TPSA) is 178 Å². The third-order valence-corrected chi connectivity index (χ3v) is 15.9. The minimum Gasteiger partial charge on any atom is -0.459 e. The average Bonchev–Trinajstić information content (AvgIpc) is 4.02. The number of carbonyl (C=O) groups is 2. The summed E-state index contributed by atoms with van der Waals surface area (Å²) in [6.07, 6.45) is 6.36. The monoisotopic (exact) mass is 858 g/mol. The van der Waals surface area contributed by atoms with Crippen molar-refractivity contribution in [2.24, 2.45) is 17.8 Å². The number of aliphatic hydroxyl groups excluding tert-OH is 2. The second-order valence-corrected chi connectivity index (χ2v) is 21.3. The third kappa shape index (κ3) is 8.14. The van der Waals surface area contributed by atoms with Crippen molar-refractivity contribution in [1.29, 1.82) is 0 Å². The summed E-state index contributed by atoms with van der Waals surface area (Å²) in [5.41, 5.74) is -1.17. The van der Waals surface area contributed by atoms with Crippen LogP contribution in [0.5, 0.6) is 0 Å². The van der Waals surface area contributed by atoms with Gasteiger partial charge < -0.3 is 58.0 Å². The Morgan fingerprint density at radius 1 is 0.754 bits per heavy atom. The van der Waals surface area contributed by atoms with Gasteiger partial charge in [0.15, 0.2) is 17.4 Å². The molecule has 9 heterocycles. The lowest BCUT2D eigenvalue weighted by Crippen LogP contribution is -2.59. The molecule has 9 aliphatic rings. The number of rotatable bonds is 1. The molecule has 0 aromatic heterocycles. The third-order valence-electron chi connectivity index (χ3n) is 15.9. The van der Waals surface area contributed by atoms with Crippen molar-refractivity contribution in [3.05, 3.63) is 23.8 Å². The fourth-order valence-electron chi connectivity index (χ4n) is 12.5. The van der Waals surface area contributed by atoms with E-state index in [1.165, 1.54) is 0 Å². The number of ether oxygens (including phenoxy) is 9. The fourth-order valence-corrected chi connectivity index (χ4v) is 12.5. The van der Waals surface area contributed by atoms with Gasteiger partial charge in [0.1, 0.15) is 48.3 Å². The van der Waals surface area contributed by atoms with Crippen LogP contribution in [-0.4, -0.2) is 129 Å². The first kappa shape index (κ1) is 44.4. The predicted octanol–water partition coefficient (Wildman–Crippen LogP) is 5.25. The molecule has 342 valence electrons. The molecule has 8 saturated heterocycles. The smallest absolute Gasteiger partial charge is 0.311 e. The molecule has 14 nitrogen and oxygen atoms in total. The van der Waals surface area contributed by atoms with Crippen molar-refractivity contribution in [3.63, 3.8) is 0 Å². The molecule has 9 rings (SSSR count). The molecular formula is C47H70O14. The first-order valence-electron chi connectivity index (χ1n) is 23.3. The fraction of sp³-hybridized carbons (Fsp3) is 0.872. The van der Waals surface area contributed by atoms with Gasteiger partial charge in [0.2, 0.25) is 5.79 Å². The minimum atomic E-state index is -1.95. The van der Waals surface area contributed by atoms with E-state index >= 15 is 0 Å². The number of hydrogen-bond acceptors (Lipinski definition) is 14. The maximum Gasteiger partial charge on any atom is 0.311 e. The number of ketones is 1. The Bertz CT molecular complexity index is 1750. The van der Waals surface area contributed by atoms with Crippen LogP contribution in [0, 0.1) is 17.8 Å². The van der Waals surface area contributed by atoms with Gasteiger partial charge in [0.05, 0.1) is 42.0 Å². The van der Waals surface area contributed by atoms with E-state index in [9.17, 15) is 24.9 Å². The molecule has 0 radical (unpaired) electrons. The van der Waals surface area contributed by atoms with E-state index in [1.807, 2.05) is 26.0 Å². The second-order valence-electron chi connectivity index (χ2n) is 21.3. The number of esters is 1. The number of carbonyl (C=O) groups excluding carboxylic acids is 2. The Morgan fingerprint density at radius 2 is 1.54 bits per heavy atom. The summed E-state index contributed by atoms with van der Waals surface area (Å²) >= 11 is 0. The SMILES string of the molecule is CC1=C\[C@H](C)C[C@@]2(C)CC[C@@H](O2)[C@@]23CC[C@@](C)(C[C@@H](O2)[C@H]2O[C@](C)(CC2=O)[C@@H](O)[C@@H]2CC[C@]4(CCC[C@H](O4)[C@@H](C)C(=O)O[C@@H]4C[C@@H]([C@@]5(O)OCC[C@@H](C)[C@H]5O)O[C@@H]4\C=C\1)O2)O3. The summed E-state index contributed by atoms with van der Waals surface area (Å²) in [5, 5.41) is 34.8. The van der Waals surface area contributed by atoms with Crippen LogP contribution in [0.25, 0.3) is 0 Å². The Balaban J connectivity index is 1.00. The quantitative estimate of drug-likeness (QED) is 0.291. The van der Waals surface area contributed by atoms with Gasteiger partial charge in [-0.3, -0.25) is 9.59 Å². The molecular weight excluding hydrogens is 789 g/mol. The summed E-state index contributed by atoms with van der Waals surface area (Å²) in [6.45, 7) is 14.1. The van der Waals surface area contributed by atoms with Crippen molar-refractivity contribution in [2.75, 3.05) is 6.61 Å². The molecule has 0 aromatic rings. The summed E-state index contributed by atoms with van der Waals surface area (Å²) in [6, 6.07) is 0. The molecule has 0 unspecified atom stereocenters. The molecule has 3 N–H and O–H groups in total. The van der Waals surface area contributed by atoms with Gasteiger partial charge >= 0.3 is 5.97 Å². The Kier molecular flexibility index (Phi) is 11.6. The van der Waals surface area contributed by atoms with Crippen LogP contribution in [-0.2, 0) is 52.2 Å². The van der Waals surface area contributed by atoms with Crippen molar-refractivity contribution in [2.45, 2.75) is 234 Å². The highest BCUT2D eigenvalue weighted by Crippen LogP contribution is 2.55. The first-order valence-corrected chi connectivity index (χ1v) is 23.3. The van der Waals surface area contributed by atoms with Crippen molar-refractivity contribution >= 4 is 11.8 Å².